The number of nitrogens with two attached hydrogens (primary N) is 1. The van der Waals surface area contributed by atoms with Gasteiger partial charge in [-0.3, -0.25) is 0 Å². The van der Waals surface area contributed by atoms with Gasteiger partial charge in [0.1, 0.15) is 5.84 Å². The average Bonchev–Trinajstić information content (AvgIpc) is 2.13. The molecule has 0 aliphatic carbocycles. The topological polar surface area (TPSA) is 58.7 Å². The zero-order valence-corrected chi connectivity index (χ0v) is 5.58. The van der Waals surface area contributed by atoms with Crippen LogP contribution in [0.4, 0.5) is 4.79 Å². The first-order valence-electron chi connectivity index (χ1n) is 2.97. The van der Waals surface area contributed by atoms with Crippen LogP contribution < -0.4 is 5.73 Å². The Morgan fingerprint density at radius 1 is 1.90 bits per heavy atom. The van der Waals surface area contributed by atoms with Gasteiger partial charge in [-0.25, -0.2) is 4.79 Å². The van der Waals surface area contributed by atoms with Gasteiger partial charge in [-0.2, -0.15) is 4.99 Å². The van der Waals surface area contributed by atoms with Crippen LogP contribution in [-0.2, 0) is 0 Å². The Hall–Kier alpha value is -1.32. The Labute approximate surface area is 59.0 Å². The van der Waals surface area contributed by atoms with Crippen molar-refractivity contribution < 1.29 is 4.79 Å². The Morgan fingerprint density at radius 3 is 3.00 bits per heavy atom. The number of nitrogens with zero attached hydrogens (tertiary/aromatic N) is 2. The van der Waals surface area contributed by atoms with Crippen molar-refractivity contribution in [1.82, 2.24) is 4.90 Å². The van der Waals surface area contributed by atoms with Crippen molar-refractivity contribution in [3.8, 4) is 0 Å². The van der Waals surface area contributed by atoms with E-state index < -0.39 is 0 Å². The van der Waals surface area contributed by atoms with Gasteiger partial charge >= 0.3 is 6.03 Å². The maximum Gasteiger partial charge on any atom is 0.345 e. The minimum atomic E-state index is -0.266. The zero-order chi connectivity index (χ0) is 7.56. The molecule has 1 rings (SSSR count). The SMILES string of the molecule is C=CCN1CC(N)=NC1=O. The first-order valence-corrected chi connectivity index (χ1v) is 2.97. The first-order chi connectivity index (χ1) is 4.74. The summed E-state index contributed by atoms with van der Waals surface area (Å²) in [4.78, 5) is 15.8. The van der Waals surface area contributed by atoms with Crippen LogP contribution in [0.5, 0.6) is 0 Å². The first kappa shape index (κ1) is 6.80. The van der Waals surface area contributed by atoms with Crippen LogP contribution in [0.3, 0.4) is 0 Å². The van der Waals surface area contributed by atoms with Gasteiger partial charge in [0.15, 0.2) is 0 Å². The second kappa shape index (κ2) is 2.51. The summed E-state index contributed by atoms with van der Waals surface area (Å²) in [5, 5.41) is 0. The van der Waals surface area contributed by atoms with Crippen LogP contribution in [-0.4, -0.2) is 29.9 Å². The highest BCUT2D eigenvalue weighted by Crippen LogP contribution is 2.00. The number of carbonyl (C=O) groups excluding carboxylic acids is 1. The minimum Gasteiger partial charge on any atom is -0.385 e. The van der Waals surface area contributed by atoms with Crippen molar-refractivity contribution in [2.24, 2.45) is 10.7 Å². The Balaban J connectivity index is 2.55. The number of hydrogen-bond donors (Lipinski definition) is 1. The van der Waals surface area contributed by atoms with E-state index >= 15 is 0 Å². The van der Waals surface area contributed by atoms with Gasteiger partial charge in [0.2, 0.25) is 0 Å². The van der Waals surface area contributed by atoms with E-state index in [9.17, 15) is 4.79 Å². The highest BCUT2D eigenvalue weighted by molar-refractivity contribution is 6.00. The molecule has 2 N–H and O–H groups in total. The summed E-state index contributed by atoms with van der Waals surface area (Å²) in [5.74, 6) is 0.381. The molecule has 0 aromatic rings. The van der Waals surface area contributed by atoms with Crippen LogP contribution in [0.1, 0.15) is 0 Å². The molecule has 4 heteroatoms. The molecule has 4 nitrogen and oxygen atoms in total. The third-order valence-electron chi connectivity index (χ3n) is 1.21. The van der Waals surface area contributed by atoms with Crippen LogP contribution in [0.15, 0.2) is 17.6 Å². The molecule has 0 atom stereocenters. The molecule has 1 aliphatic rings. The molecule has 0 saturated carbocycles. The lowest BCUT2D eigenvalue weighted by atomic mass is 10.5. The second-order valence-corrected chi connectivity index (χ2v) is 2.05. The number of carbonyl (C=O) groups is 1. The molecule has 1 heterocycles. The predicted octanol–water partition coefficient (Wildman–Crippen LogP) is -0.0348. The van der Waals surface area contributed by atoms with E-state index in [4.69, 9.17) is 5.73 Å². The summed E-state index contributed by atoms with van der Waals surface area (Å²) in [6, 6.07) is -0.266. The van der Waals surface area contributed by atoms with Gasteiger partial charge in [-0.1, -0.05) is 6.08 Å². The van der Waals surface area contributed by atoms with E-state index in [1.807, 2.05) is 0 Å². The van der Waals surface area contributed by atoms with Gasteiger partial charge in [0.05, 0.1) is 6.54 Å². The minimum absolute atomic E-state index is 0.266. The number of amidine groups is 1. The van der Waals surface area contributed by atoms with Gasteiger partial charge in [0, 0.05) is 6.54 Å². The van der Waals surface area contributed by atoms with Gasteiger partial charge in [-0.15, -0.1) is 6.58 Å². The summed E-state index contributed by atoms with van der Waals surface area (Å²) in [6.07, 6.45) is 1.64. The lowest BCUT2D eigenvalue weighted by Crippen LogP contribution is -2.28. The van der Waals surface area contributed by atoms with Gasteiger partial charge < -0.3 is 10.6 Å². The molecule has 2 amide bonds. The molecule has 10 heavy (non-hydrogen) atoms. The lowest BCUT2D eigenvalue weighted by Gasteiger charge is -2.09. The van der Waals surface area contributed by atoms with Gasteiger partial charge in [0.25, 0.3) is 0 Å². The quantitative estimate of drug-likeness (QED) is 0.546. The maximum atomic E-state index is 10.8. The predicted molar refractivity (Wildman–Crippen MR) is 38.8 cm³/mol. The average molecular weight is 139 g/mol. The number of rotatable bonds is 2. The van der Waals surface area contributed by atoms with Crippen molar-refractivity contribution in [2.75, 3.05) is 13.1 Å². The summed E-state index contributed by atoms with van der Waals surface area (Å²) in [7, 11) is 0. The Morgan fingerprint density at radius 2 is 2.60 bits per heavy atom. The van der Waals surface area contributed by atoms with Crippen molar-refractivity contribution >= 4 is 11.9 Å². The molecule has 0 aromatic heterocycles. The fourth-order valence-corrected chi connectivity index (χ4v) is 0.791. The number of urea groups is 1. The zero-order valence-electron chi connectivity index (χ0n) is 5.58. The van der Waals surface area contributed by atoms with Crippen molar-refractivity contribution in [3.63, 3.8) is 0 Å². The molecular weight excluding hydrogens is 130 g/mol. The number of amides is 2. The second-order valence-electron chi connectivity index (χ2n) is 2.05. The Bertz CT molecular complexity index is 197. The van der Waals surface area contributed by atoms with Crippen LogP contribution in [0.25, 0.3) is 0 Å². The van der Waals surface area contributed by atoms with E-state index in [-0.39, 0.29) is 6.03 Å². The molecule has 1 aliphatic heterocycles. The molecule has 0 radical (unpaired) electrons. The van der Waals surface area contributed by atoms with Crippen molar-refractivity contribution in [3.05, 3.63) is 12.7 Å². The van der Waals surface area contributed by atoms with Gasteiger partial charge in [-0.05, 0) is 0 Å². The molecule has 0 aromatic carbocycles. The molecule has 0 spiro atoms. The smallest absolute Gasteiger partial charge is 0.345 e. The van der Waals surface area contributed by atoms with Crippen LogP contribution >= 0.6 is 0 Å². The number of aliphatic imine (C=N–C) groups is 1. The van der Waals surface area contributed by atoms with Crippen LogP contribution in [0.2, 0.25) is 0 Å². The summed E-state index contributed by atoms with van der Waals surface area (Å²) >= 11 is 0. The standard InChI is InChI=1S/C6H9N3O/c1-2-3-9-4-5(7)8-6(9)10/h2H,1,3-4H2,(H2,7,8,10). The molecular formula is C6H9N3O. The van der Waals surface area contributed by atoms with Crippen LogP contribution in [0, 0.1) is 0 Å². The normalized spacial score (nSPS) is 17.4. The molecule has 54 valence electrons. The van der Waals surface area contributed by atoms with E-state index in [2.05, 4.69) is 11.6 Å². The third kappa shape index (κ3) is 1.15. The van der Waals surface area contributed by atoms with E-state index in [1.165, 1.54) is 4.90 Å². The molecule has 0 unspecified atom stereocenters. The van der Waals surface area contributed by atoms with E-state index in [1.54, 1.807) is 6.08 Å². The molecule has 0 fully saturated rings. The largest absolute Gasteiger partial charge is 0.385 e. The van der Waals surface area contributed by atoms with Crippen molar-refractivity contribution in [1.29, 1.82) is 0 Å². The third-order valence-corrected chi connectivity index (χ3v) is 1.21. The fourth-order valence-electron chi connectivity index (χ4n) is 0.791. The number of hydrogen-bond acceptors (Lipinski definition) is 2. The van der Waals surface area contributed by atoms with E-state index in [0.717, 1.165) is 0 Å². The van der Waals surface area contributed by atoms with Crippen molar-refractivity contribution in [2.45, 2.75) is 0 Å². The van der Waals surface area contributed by atoms with E-state index in [0.29, 0.717) is 18.9 Å². The summed E-state index contributed by atoms with van der Waals surface area (Å²) in [5.41, 5.74) is 5.30. The highest BCUT2D eigenvalue weighted by Gasteiger charge is 2.19. The Kier molecular flexibility index (Phi) is 1.71. The summed E-state index contributed by atoms with van der Waals surface area (Å²) < 4.78 is 0. The summed E-state index contributed by atoms with van der Waals surface area (Å²) in [6.45, 7) is 4.45. The maximum absolute atomic E-state index is 10.8. The molecule has 0 bridgehead atoms. The fraction of sp³-hybridized carbons (Fsp3) is 0.333. The lowest BCUT2D eigenvalue weighted by molar-refractivity contribution is 0.224. The monoisotopic (exact) mass is 139 g/mol. The highest BCUT2D eigenvalue weighted by atomic mass is 16.2. The molecule has 0 saturated heterocycles.